The lowest BCUT2D eigenvalue weighted by molar-refractivity contribution is -0.0242. The average Bonchev–Trinajstić information content (AvgIpc) is 3.32. The Morgan fingerprint density at radius 2 is 1.84 bits per heavy atom. The number of benzene rings is 3. The maximum atomic E-state index is 14.6. The third-order valence-corrected chi connectivity index (χ3v) is 9.29. The van der Waals surface area contributed by atoms with E-state index in [0.29, 0.717) is 32.0 Å². The molecule has 1 N–H and O–H groups in total. The second-order valence-electron chi connectivity index (χ2n) is 12.5. The monoisotopic (exact) mass is 596 g/mol. The molecule has 8 heteroatoms. The molecule has 0 saturated heterocycles. The number of fused-ring (bicyclic) bond motifs is 6. The number of amides is 1. The molecule has 0 aliphatic carbocycles. The molecule has 8 nitrogen and oxygen atoms in total. The second-order valence-corrected chi connectivity index (χ2v) is 12.5. The minimum absolute atomic E-state index is 0.0133. The van der Waals surface area contributed by atoms with Gasteiger partial charge in [0.25, 0.3) is 5.91 Å². The van der Waals surface area contributed by atoms with Crippen LogP contribution < -0.4 is 9.64 Å². The highest BCUT2D eigenvalue weighted by molar-refractivity contribution is 6.10. The Morgan fingerprint density at radius 3 is 2.66 bits per heavy atom. The zero-order chi connectivity index (χ0) is 31.0. The smallest absolute Gasteiger partial charge is 0.271 e. The normalized spacial score (nSPS) is 19.7. The van der Waals surface area contributed by atoms with Crippen LogP contribution in [0, 0.1) is 5.92 Å². The summed E-state index contributed by atoms with van der Waals surface area (Å²) in [6.07, 6.45) is -0.146. The van der Waals surface area contributed by atoms with Crippen LogP contribution in [0.15, 0.2) is 66.7 Å². The van der Waals surface area contributed by atoms with E-state index in [9.17, 15) is 9.90 Å². The van der Waals surface area contributed by atoms with Gasteiger partial charge in [0.15, 0.2) is 0 Å². The van der Waals surface area contributed by atoms with Crippen molar-refractivity contribution in [3.63, 3.8) is 0 Å². The third kappa shape index (κ3) is 5.70. The van der Waals surface area contributed by atoms with Crippen LogP contribution in [0.3, 0.4) is 0 Å². The molecule has 2 aliphatic heterocycles. The first-order valence-electron chi connectivity index (χ1n) is 15.6. The van der Waals surface area contributed by atoms with Crippen molar-refractivity contribution in [2.24, 2.45) is 13.0 Å². The van der Waals surface area contributed by atoms with Crippen LogP contribution in [0.25, 0.3) is 22.0 Å². The van der Waals surface area contributed by atoms with Crippen LogP contribution in [0.4, 0.5) is 5.69 Å². The highest BCUT2D eigenvalue weighted by Crippen LogP contribution is 2.38. The zero-order valence-corrected chi connectivity index (χ0v) is 26.5. The molecule has 0 bridgehead atoms. The molecule has 2 aliphatic rings. The summed E-state index contributed by atoms with van der Waals surface area (Å²) < 4.78 is 14.7. The Morgan fingerprint density at radius 1 is 1.07 bits per heavy atom. The molecule has 1 aromatic heterocycles. The molecular formula is C36H44N4O4. The van der Waals surface area contributed by atoms with Gasteiger partial charge in [-0.25, -0.2) is 0 Å². The highest BCUT2D eigenvalue weighted by Gasteiger charge is 2.33. The summed E-state index contributed by atoms with van der Waals surface area (Å²) >= 11 is 0. The van der Waals surface area contributed by atoms with Gasteiger partial charge in [0.1, 0.15) is 18.1 Å². The van der Waals surface area contributed by atoms with Crippen LogP contribution in [0.2, 0.25) is 0 Å². The summed E-state index contributed by atoms with van der Waals surface area (Å²) in [4.78, 5) is 20.9. The number of carbonyl (C=O) groups is 1. The number of nitrogens with zero attached hydrogens (tertiary/aromatic N) is 4. The molecule has 6 rings (SSSR count). The van der Waals surface area contributed by atoms with E-state index in [0.717, 1.165) is 52.1 Å². The van der Waals surface area contributed by atoms with E-state index in [4.69, 9.17) is 9.47 Å². The Labute approximate surface area is 260 Å². The van der Waals surface area contributed by atoms with Crippen molar-refractivity contribution in [2.75, 3.05) is 51.8 Å². The number of likely N-dealkylation sites (N-methyl/N-ethyl adjacent to an activating group) is 2. The van der Waals surface area contributed by atoms with E-state index < -0.39 is 0 Å². The Kier molecular flexibility index (Phi) is 8.67. The predicted octanol–water partition coefficient (Wildman–Crippen LogP) is 5.16. The quantitative estimate of drug-likeness (QED) is 0.332. The molecule has 0 fully saturated rings. The van der Waals surface area contributed by atoms with Crippen molar-refractivity contribution in [1.29, 1.82) is 0 Å². The zero-order valence-electron chi connectivity index (χ0n) is 26.5. The Bertz CT molecular complexity index is 1650. The average molecular weight is 597 g/mol. The number of aryl methyl sites for hydroxylation is 1. The number of carbonyl (C=O) groups excluding carboxylic acids is 1. The molecular weight excluding hydrogens is 552 g/mol. The lowest BCUT2D eigenvalue weighted by Crippen LogP contribution is -2.47. The molecule has 3 atom stereocenters. The molecule has 4 aromatic rings. The number of aliphatic hydroxyl groups is 1. The summed E-state index contributed by atoms with van der Waals surface area (Å²) in [5.41, 5.74) is 6.93. The minimum Gasteiger partial charge on any atom is -0.490 e. The summed E-state index contributed by atoms with van der Waals surface area (Å²) in [6.45, 7) is 7.87. The molecule has 0 radical (unpaired) electrons. The van der Waals surface area contributed by atoms with Gasteiger partial charge >= 0.3 is 0 Å². The van der Waals surface area contributed by atoms with Gasteiger partial charge in [0, 0.05) is 56.1 Å². The predicted molar refractivity (Wildman–Crippen MR) is 175 cm³/mol. The first-order chi connectivity index (χ1) is 21.3. The first-order valence-corrected chi connectivity index (χ1v) is 15.6. The maximum Gasteiger partial charge on any atom is 0.271 e. The highest BCUT2D eigenvalue weighted by atomic mass is 16.5. The van der Waals surface area contributed by atoms with Crippen molar-refractivity contribution in [3.05, 3.63) is 83.6 Å². The molecule has 232 valence electrons. The number of rotatable bonds is 6. The van der Waals surface area contributed by atoms with Gasteiger partial charge in [-0.2, -0.15) is 0 Å². The van der Waals surface area contributed by atoms with Crippen LogP contribution >= 0.6 is 0 Å². The Hall–Kier alpha value is -3.85. The van der Waals surface area contributed by atoms with Gasteiger partial charge in [-0.05, 0) is 48.9 Å². The lowest BCUT2D eigenvalue weighted by Gasteiger charge is -2.35. The second kappa shape index (κ2) is 12.6. The van der Waals surface area contributed by atoms with Crippen molar-refractivity contribution in [2.45, 2.75) is 39.1 Å². The summed E-state index contributed by atoms with van der Waals surface area (Å²) in [7, 11) is 6.17. The molecule has 3 heterocycles. The molecule has 3 aromatic carbocycles. The fourth-order valence-corrected chi connectivity index (χ4v) is 6.71. The van der Waals surface area contributed by atoms with E-state index in [1.165, 1.54) is 5.56 Å². The molecule has 0 spiro atoms. The Balaban J connectivity index is 1.34. The van der Waals surface area contributed by atoms with Crippen LogP contribution in [0.1, 0.15) is 35.5 Å². The van der Waals surface area contributed by atoms with E-state index in [1.807, 2.05) is 47.7 Å². The number of ether oxygens (including phenoxy) is 2. The van der Waals surface area contributed by atoms with Crippen molar-refractivity contribution < 1.29 is 19.4 Å². The van der Waals surface area contributed by atoms with E-state index in [-0.39, 0.29) is 30.6 Å². The van der Waals surface area contributed by atoms with Crippen molar-refractivity contribution >= 4 is 22.5 Å². The number of para-hydroxylation sites is 1. The van der Waals surface area contributed by atoms with Gasteiger partial charge < -0.3 is 28.9 Å². The molecule has 0 saturated carbocycles. The topological polar surface area (TPSA) is 70.4 Å². The largest absolute Gasteiger partial charge is 0.490 e. The fraction of sp³-hybridized carbons (Fsp3) is 0.417. The summed E-state index contributed by atoms with van der Waals surface area (Å²) in [5.74, 6) is 0.870. The number of aromatic nitrogens is 1. The summed E-state index contributed by atoms with van der Waals surface area (Å²) in [6, 6.07) is 22.5. The van der Waals surface area contributed by atoms with Gasteiger partial charge in [-0.15, -0.1) is 0 Å². The van der Waals surface area contributed by atoms with E-state index in [2.05, 4.69) is 73.3 Å². The SMILES string of the molecule is C[C@@H]1CN([C@@H](C)CO)C(=O)c2c(c3ccccc3n2C)-c2ccccc2CO[C@H]1CN(C)Cc1ccc2c(c1)OCCN2C. The van der Waals surface area contributed by atoms with E-state index >= 15 is 0 Å². The third-order valence-electron chi connectivity index (χ3n) is 9.29. The number of aliphatic hydroxyl groups excluding tert-OH is 1. The van der Waals surface area contributed by atoms with Crippen molar-refractivity contribution in [3.8, 4) is 16.9 Å². The van der Waals surface area contributed by atoms with Crippen LogP contribution in [0.5, 0.6) is 5.75 Å². The van der Waals surface area contributed by atoms with Gasteiger partial charge in [-0.1, -0.05) is 55.5 Å². The fourth-order valence-electron chi connectivity index (χ4n) is 6.71. The van der Waals surface area contributed by atoms with Crippen LogP contribution in [-0.4, -0.2) is 84.5 Å². The van der Waals surface area contributed by atoms with Gasteiger partial charge in [-0.3, -0.25) is 9.69 Å². The van der Waals surface area contributed by atoms with Crippen LogP contribution in [-0.2, 0) is 24.9 Å². The number of hydrogen-bond acceptors (Lipinski definition) is 6. The van der Waals surface area contributed by atoms with Gasteiger partial charge in [0.2, 0.25) is 0 Å². The minimum atomic E-state index is -0.348. The lowest BCUT2D eigenvalue weighted by atomic mass is 9.96. The van der Waals surface area contributed by atoms with E-state index in [1.54, 1.807) is 0 Å². The molecule has 44 heavy (non-hydrogen) atoms. The summed E-state index contributed by atoms with van der Waals surface area (Å²) in [5, 5.41) is 11.3. The number of anilines is 1. The molecule has 0 unspecified atom stereocenters. The standard InChI is InChI=1S/C36H44N4O4/c1-24-19-40(25(2)22-41)36(42)35-34(29-12-8-9-13-30(29)39(35)5)28-11-7-6-10-27(28)23-44-33(24)21-37(3)20-26-14-15-31-32(18-26)43-17-16-38(31)4/h6-15,18,24-25,33,41H,16-17,19-23H2,1-5H3/t24-,25+,33+/m1/s1. The maximum absolute atomic E-state index is 14.6. The van der Waals surface area contributed by atoms with Crippen molar-refractivity contribution in [1.82, 2.24) is 14.4 Å². The first kappa shape index (κ1) is 30.2. The number of hydrogen-bond donors (Lipinski definition) is 1. The molecule has 1 amide bonds. The van der Waals surface area contributed by atoms with Gasteiger partial charge in [0.05, 0.1) is 37.6 Å².